The summed E-state index contributed by atoms with van der Waals surface area (Å²) in [4.78, 5) is 16.4. The summed E-state index contributed by atoms with van der Waals surface area (Å²) in [7, 11) is 1.58. The van der Waals surface area contributed by atoms with Crippen LogP contribution in [-0.4, -0.2) is 21.9 Å². The molecular formula is C21H20ClF3N4O2. The monoisotopic (exact) mass is 452 g/mol. The minimum absolute atomic E-state index is 0.0676. The van der Waals surface area contributed by atoms with E-state index in [4.69, 9.17) is 16.3 Å². The number of rotatable bonds is 6. The van der Waals surface area contributed by atoms with E-state index in [0.29, 0.717) is 11.9 Å². The van der Waals surface area contributed by atoms with Gasteiger partial charge in [-0.05, 0) is 35.7 Å². The Hall–Kier alpha value is -3.07. The highest BCUT2D eigenvalue weighted by molar-refractivity contribution is 6.33. The van der Waals surface area contributed by atoms with Crippen LogP contribution >= 0.6 is 11.6 Å². The molecule has 2 aromatic heterocycles. The maximum atomic E-state index is 12.7. The Bertz CT molecular complexity index is 1100. The van der Waals surface area contributed by atoms with Crippen molar-refractivity contribution >= 4 is 17.3 Å². The van der Waals surface area contributed by atoms with E-state index in [1.807, 2.05) is 38.1 Å². The van der Waals surface area contributed by atoms with Crippen LogP contribution in [0.3, 0.4) is 0 Å². The summed E-state index contributed by atoms with van der Waals surface area (Å²) in [6.07, 6.45) is -2.54. The normalized spacial score (nSPS) is 12.6. The summed E-state index contributed by atoms with van der Waals surface area (Å²) in [5.41, 5.74) is -0.353. The van der Waals surface area contributed by atoms with Crippen LogP contribution in [0.2, 0.25) is 5.02 Å². The fraction of sp³-hybridized carbons (Fsp3) is 0.286. The van der Waals surface area contributed by atoms with Gasteiger partial charge in [0.25, 0.3) is 5.56 Å². The largest absolute Gasteiger partial charge is 0.497 e. The Morgan fingerprint density at radius 3 is 2.29 bits per heavy atom. The maximum absolute atomic E-state index is 12.7. The van der Waals surface area contributed by atoms with Crippen molar-refractivity contribution in [3.05, 3.63) is 75.3 Å². The standard InChI is InChI=1S/C21H20ClF3N4O2/c1-12(2)19(13-4-7-15(31-3)8-5-13)28-16-11-27-29(20(30)18(16)22)17-9-6-14(10-26-17)21(23,24)25/h4-12,19,28H,1-3H3. The first-order chi connectivity index (χ1) is 14.6. The number of pyridine rings is 1. The lowest BCUT2D eigenvalue weighted by molar-refractivity contribution is -0.137. The Kier molecular flexibility index (Phi) is 6.54. The van der Waals surface area contributed by atoms with Crippen LogP contribution in [0.1, 0.15) is 31.0 Å². The molecule has 0 amide bonds. The molecule has 1 N–H and O–H groups in total. The number of halogens is 4. The van der Waals surface area contributed by atoms with Crippen molar-refractivity contribution < 1.29 is 17.9 Å². The van der Waals surface area contributed by atoms with Gasteiger partial charge in [0.05, 0.1) is 30.6 Å². The van der Waals surface area contributed by atoms with Crippen molar-refractivity contribution in [3.8, 4) is 11.6 Å². The van der Waals surface area contributed by atoms with Crippen molar-refractivity contribution in [3.63, 3.8) is 0 Å². The van der Waals surface area contributed by atoms with E-state index >= 15 is 0 Å². The molecule has 0 aliphatic rings. The number of methoxy groups -OCH3 is 1. The summed E-state index contributed by atoms with van der Waals surface area (Å²) < 4.78 is 44.2. The molecule has 3 aromatic rings. The quantitative estimate of drug-likeness (QED) is 0.562. The number of hydrogen-bond acceptors (Lipinski definition) is 5. The summed E-state index contributed by atoms with van der Waals surface area (Å²) in [5, 5.41) is 7.12. The zero-order valence-electron chi connectivity index (χ0n) is 16.9. The predicted octanol–water partition coefficient (Wildman–Crippen LogP) is 5.12. The molecule has 0 fully saturated rings. The molecular weight excluding hydrogens is 433 g/mol. The van der Waals surface area contributed by atoms with Gasteiger partial charge in [-0.25, -0.2) is 4.98 Å². The molecule has 0 radical (unpaired) electrons. The molecule has 1 atom stereocenters. The van der Waals surface area contributed by atoms with Crippen LogP contribution in [0.15, 0.2) is 53.6 Å². The van der Waals surface area contributed by atoms with Crippen molar-refractivity contribution in [2.75, 3.05) is 12.4 Å². The lowest BCUT2D eigenvalue weighted by Crippen LogP contribution is -2.25. The number of alkyl halides is 3. The van der Waals surface area contributed by atoms with E-state index in [2.05, 4.69) is 15.4 Å². The van der Waals surface area contributed by atoms with E-state index in [-0.39, 0.29) is 22.8 Å². The molecule has 6 nitrogen and oxygen atoms in total. The van der Waals surface area contributed by atoms with Gasteiger partial charge >= 0.3 is 6.18 Å². The summed E-state index contributed by atoms with van der Waals surface area (Å²) in [6.45, 7) is 4.02. The van der Waals surface area contributed by atoms with Gasteiger partial charge in [0, 0.05) is 6.20 Å². The van der Waals surface area contributed by atoms with Gasteiger partial charge in [-0.1, -0.05) is 37.6 Å². The molecule has 0 saturated heterocycles. The third kappa shape index (κ3) is 4.99. The van der Waals surface area contributed by atoms with Crippen LogP contribution < -0.4 is 15.6 Å². The molecule has 0 spiro atoms. The van der Waals surface area contributed by atoms with Crippen molar-refractivity contribution in [1.82, 2.24) is 14.8 Å². The fourth-order valence-electron chi connectivity index (χ4n) is 2.99. The van der Waals surface area contributed by atoms with Crippen LogP contribution in [0.25, 0.3) is 5.82 Å². The van der Waals surface area contributed by atoms with Gasteiger partial charge in [-0.15, -0.1) is 0 Å². The van der Waals surface area contributed by atoms with E-state index in [1.54, 1.807) is 7.11 Å². The van der Waals surface area contributed by atoms with Gasteiger partial charge in [-0.2, -0.15) is 23.0 Å². The van der Waals surface area contributed by atoms with Gasteiger partial charge in [0.15, 0.2) is 5.82 Å². The minimum Gasteiger partial charge on any atom is -0.497 e. The van der Waals surface area contributed by atoms with Gasteiger partial charge in [0.2, 0.25) is 0 Å². The van der Waals surface area contributed by atoms with E-state index in [0.717, 1.165) is 28.1 Å². The zero-order chi connectivity index (χ0) is 22.8. The smallest absolute Gasteiger partial charge is 0.417 e. The van der Waals surface area contributed by atoms with Crippen LogP contribution in [0.5, 0.6) is 5.75 Å². The molecule has 0 aliphatic heterocycles. The summed E-state index contributed by atoms with van der Waals surface area (Å²) in [6, 6.07) is 9.20. The zero-order valence-corrected chi connectivity index (χ0v) is 17.7. The lowest BCUT2D eigenvalue weighted by atomic mass is 9.95. The first kappa shape index (κ1) is 22.6. The highest BCUT2D eigenvalue weighted by Crippen LogP contribution is 2.30. The van der Waals surface area contributed by atoms with E-state index in [1.165, 1.54) is 6.20 Å². The SMILES string of the molecule is COc1ccc(C(Nc2cnn(-c3ccc(C(F)(F)F)cn3)c(=O)c2Cl)C(C)C)cc1. The summed E-state index contributed by atoms with van der Waals surface area (Å²) in [5.74, 6) is 0.795. The third-order valence-corrected chi connectivity index (χ3v) is 5.03. The molecule has 2 heterocycles. The highest BCUT2D eigenvalue weighted by atomic mass is 35.5. The number of aromatic nitrogens is 3. The Morgan fingerprint density at radius 2 is 1.77 bits per heavy atom. The highest BCUT2D eigenvalue weighted by Gasteiger charge is 2.31. The molecule has 1 unspecified atom stereocenters. The second-order valence-corrected chi connectivity index (χ2v) is 7.51. The number of ether oxygens (including phenoxy) is 1. The third-order valence-electron chi connectivity index (χ3n) is 4.66. The average molecular weight is 453 g/mol. The number of hydrogen-bond donors (Lipinski definition) is 1. The topological polar surface area (TPSA) is 69.0 Å². The van der Waals surface area contributed by atoms with Gasteiger partial charge in [0.1, 0.15) is 10.8 Å². The van der Waals surface area contributed by atoms with Gasteiger partial charge < -0.3 is 10.1 Å². The minimum atomic E-state index is -4.53. The predicted molar refractivity (Wildman–Crippen MR) is 112 cm³/mol. The molecule has 10 heteroatoms. The Labute approximate surface area is 181 Å². The Balaban J connectivity index is 1.91. The lowest BCUT2D eigenvalue weighted by Gasteiger charge is -2.24. The van der Waals surface area contributed by atoms with Crippen molar-refractivity contribution in [1.29, 1.82) is 0 Å². The second kappa shape index (κ2) is 8.97. The average Bonchev–Trinajstić information content (AvgIpc) is 2.74. The Morgan fingerprint density at radius 1 is 1.10 bits per heavy atom. The molecule has 0 bridgehead atoms. The molecule has 0 saturated carbocycles. The number of nitrogens with zero attached hydrogens (tertiary/aromatic N) is 3. The van der Waals surface area contributed by atoms with E-state index in [9.17, 15) is 18.0 Å². The first-order valence-electron chi connectivity index (χ1n) is 9.33. The van der Waals surface area contributed by atoms with Crippen LogP contribution in [-0.2, 0) is 6.18 Å². The van der Waals surface area contributed by atoms with E-state index < -0.39 is 17.3 Å². The number of anilines is 1. The molecule has 164 valence electrons. The molecule has 31 heavy (non-hydrogen) atoms. The number of nitrogens with one attached hydrogen (secondary N) is 1. The first-order valence-corrected chi connectivity index (χ1v) is 9.71. The fourth-order valence-corrected chi connectivity index (χ4v) is 3.17. The molecule has 1 aromatic carbocycles. The van der Waals surface area contributed by atoms with Crippen molar-refractivity contribution in [2.45, 2.75) is 26.1 Å². The van der Waals surface area contributed by atoms with Crippen LogP contribution in [0.4, 0.5) is 18.9 Å². The van der Waals surface area contributed by atoms with Crippen LogP contribution in [0, 0.1) is 5.92 Å². The molecule has 0 aliphatic carbocycles. The molecule has 3 rings (SSSR count). The number of benzene rings is 1. The summed E-state index contributed by atoms with van der Waals surface area (Å²) >= 11 is 6.27. The van der Waals surface area contributed by atoms with Gasteiger partial charge in [-0.3, -0.25) is 4.79 Å². The van der Waals surface area contributed by atoms with Crippen molar-refractivity contribution in [2.24, 2.45) is 5.92 Å². The second-order valence-electron chi connectivity index (χ2n) is 7.13. The maximum Gasteiger partial charge on any atom is 0.417 e.